The van der Waals surface area contributed by atoms with Crippen LogP contribution in [0.4, 0.5) is 5.69 Å². The molecule has 26 heavy (non-hydrogen) atoms. The second-order valence-corrected chi connectivity index (χ2v) is 6.36. The molecule has 2 N–H and O–H groups in total. The Morgan fingerprint density at radius 1 is 0.923 bits per heavy atom. The fourth-order valence-corrected chi connectivity index (χ4v) is 3.14. The molecule has 134 valence electrons. The van der Waals surface area contributed by atoms with Gasteiger partial charge in [-0.25, -0.2) is 0 Å². The molecule has 0 aliphatic heterocycles. The van der Waals surface area contributed by atoms with E-state index in [0.717, 1.165) is 41.3 Å². The molecule has 2 aromatic carbocycles. The number of anilines is 1. The minimum absolute atomic E-state index is 0.0139. The number of carbonyl (C=O) groups is 1. The lowest BCUT2D eigenvalue weighted by molar-refractivity contribution is 0.0953. The summed E-state index contributed by atoms with van der Waals surface area (Å²) in [6, 6.07) is 22.2. The maximum atomic E-state index is 12.6. The number of hydrogen-bond donors (Lipinski definition) is 2. The minimum Gasteiger partial charge on any atom is -0.385 e. The van der Waals surface area contributed by atoms with Crippen molar-refractivity contribution < 1.29 is 4.79 Å². The molecule has 0 atom stereocenters. The van der Waals surface area contributed by atoms with Gasteiger partial charge in [-0.1, -0.05) is 36.4 Å². The van der Waals surface area contributed by atoms with Crippen molar-refractivity contribution in [2.45, 2.75) is 20.3 Å². The van der Waals surface area contributed by atoms with Crippen LogP contribution in [0.5, 0.6) is 0 Å². The number of nitrogens with zero attached hydrogens (tertiary/aromatic N) is 1. The zero-order chi connectivity index (χ0) is 18.4. The molecule has 4 nitrogen and oxygen atoms in total. The first-order valence-corrected chi connectivity index (χ1v) is 8.98. The molecule has 0 saturated heterocycles. The molecular weight excluding hydrogens is 322 g/mol. The molecule has 3 aromatic rings. The molecule has 0 aliphatic rings. The lowest BCUT2D eigenvalue weighted by Gasteiger charge is -2.10. The maximum absolute atomic E-state index is 12.6. The van der Waals surface area contributed by atoms with E-state index in [0.29, 0.717) is 6.54 Å². The van der Waals surface area contributed by atoms with Gasteiger partial charge in [0.15, 0.2) is 0 Å². The van der Waals surface area contributed by atoms with E-state index in [1.807, 2.05) is 68.4 Å². The van der Waals surface area contributed by atoms with E-state index in [2.05, 4.69) is 27.3 Å². The normalized spacial score (nSPS) is 10.5. The van der Waals surface area contributed by atoms with Crippen molar-refractivity contribution in [2.75, 3.05) is 18.4 Å². The summed E-state index contributed by atoms with van der Waals surface area (Å²) in [7, 11) is 0. The van der Waals surface area contributed by atoms with Crippen molar-refractivity contribution in [3.8, 4) is 5.69 Å². The van der Waals surface area contributed by atoms with E-state index in [1.54, 1.807) is 0 Å². The first-order valence-electron chi connectivity index (χ1n) is 8.98. The highest BCUT2D eigenvalue weighted by Crippen LogP contribution is 2.20. The first kappa shape index (κ1) is 17.8. The lowest BCUT2D eigenvalue weighted by Crippen LogP contribution is -2.26. The van der Waals surface area contributed by atoms with Gasteiger partial charge in [0.2, 0.25) is 0 Å². The molecule has 0 saturated carbocycles. The minimum atomic E-state index is -0.0139. The molecule has 1 heterocycles. The van der Waals surface area contributed by atoms with Gasteiger partial charge in [0.25, 0.3) is 5.91 Å². The van der Waals surface area contributed by atoms with Crippen molar-refractivity contribution >= 4 is 11.6 Å². The number of rotatable bonds is 7. The van der Waals surface area contributed by atoms with Crippen LogP contribution in [0.3, 0.4) is 0 Å². The quantitative estimate of drug-likeness (QED) is 0.625. The fraction of sp³-hybridized carbons (Fsp3) is 0.227. The van der Waals surface area contributed by atoms with Crippen molar-refractivity contribution in [2.24, 2.45) is 0 Å². The third-order valence-electron chi connectivity index (χ3n) is 4.43. The third kappa shape index (κ3) is 4.14. The third-order valence-corrected chi connectivity index (χ3v) is 4.43. The smallest absolute Gasteiger partial charge is 0.253 e. The monoisotopic (exact) mass is 347 g/mol. The SMILES string of the molecule is Cc1cc(C(=O)NCCCNc2ccccc2)c(C)n1-c1ccccc1. The summed E-state index contributed by atoms with van der Waals surface area (Å²) in [5.74, 6) is -0.0139. The molecule has 0 aliphatic carbocycles. The summed E-state index contributed by atoms with van der Waals surface area (Å²) in [4.78, 5) is 12.6. The van der Waals surface area contributed by atoms with Crippen molar-refractivity contribution in [3.05, 3.63) is 83.7 Å². The standard InChI is InChI=1S/C22H25N3O/c1-17-16-21(18(2)25(17)20-12-7-4-8-13-20)22(26)24-15-9-14-23-19-10-5-3-6-11-19/h3-8,10-13,16,23H,9,14-15H2,1-2H3,(H,24,26). The van der Waals surface area contributed by atoms with Crippen LogP contribution in [-0.4, -0.2) is 23.6 Å². The molecule has 1 aromatic heterocycles. The Morgan fingerprint density at radius 3 is 2.27 bits per heavy atom. The van der Waals surface area contributed by atoms with E-state index < -0.39 is 0 Å². The van der Waals surface area contributed by atoms with Gasteiger partial charge in [-0.05, 0) is 50.6 Å². The number of hydrogen-bond acceptors (Lipinski definition) is 2. The van der Waals surface area contributed by atoms with Crippen molar-refractivity contribution in [3.63, 3.8) is 0 Å². The molecule has 0 radical (unpaired) electrons. The van der Waals surface area contributed by atoms with Crippen LogP contribution in [0.25, 0.3) is 5.69 Å². The Balaban J connectivity index is 1.55. The van der Waals surface area contributed by atoms with Crippen LogP contribution in [0, 0.1) is 13.8 Å². The van der Waals surface area contributed by atoms with E-state index in [1.165, 1.54) is 0 Å². The van der Waals surface area contributed by atoms with E-state index in [-0.39, 0.29) is 5.91 Å². The first-order chi connectivity index (χ1) is 12.7. The highest BCUT2D eigenvalue weighted by molar-refractivity contribution is 5.95. The van der Waals surface area contributed by atoms with E-state index in [4.69, 9.17) is 0 Å². The highest BCUT2D eigenvalue weighted by atomic mass is 16.1. The Kier molecular flexibility index (Phi) is 5.74. The summed E-state index contributed by atoms with van der Waals surface area (Å²) >= 11 is 0. The lowest BCUT2D eigenvalue weighted by atomic mass is 10.2. The number of aryl methyl sites for hydroxylation is 1. The average molecular weight is 347 g/mol. The Bertz CT molecular complexity index is 854. The van der Waals surface area contributed by atoms with Gasteiger partial charge < -0.3 is 15.2 Å². The number of carbonyl (C=O) groups excluding carboxylic acids is 1. The van der Waals surface area contributed by atoms with Gasteiger partial charge in [-0.3, -0.25) is 4.79 Å². The molecule has 0 spiro atoms. The predicted molar refractivity (Wildman–Crippen MR) is 107 cm³/mol. The van der Waals surface area contributed by atoms with E-state index in [9.17, 15) is 4.79 Å². The molecule has 0 unspecified atom stereocenters. The van der Waals surface area contributed by atoms with Gasteiger partial charge in [-0.2, -0.15) is 0 Å². The van der Waals surface area contributed by atoms with Gasteiger partial charge in [0.05, 0.1) is 5.56 Å². The van der Waals surface area contributed by atoms with Crippen LogP contribution in [0.1, 0.15) is 28.2 Å². The molecule has 0 bridgehead atoms. The van der Waals surface area contributed by atoms with Crippen LogP contribution in [0.2, 0.25) is 0 Å². The predicted octanol–water partition coefficient (Wildman–Crippen LogP) is 4.33. The summed E-state index contributed by atoms with van der Waals surface area (Å²) in [6.07, 6.45) is 0.873. The Labute approximate surface area is 154 Å². The zero-order valence-corrected chi connectivity index (χ0v) is 15.3. The van der Waals surface area contributed by atoms with Crippen molar-refractivity contribution in [1.82, 2.24) is 9.88 Å². The number of aromatic nitrogens is 1. The zero-order valence-electron chi connectivity index (χ0n) is 15.3. The summed E-state index contributed by atoms with van der Waals surface area (Å²) in [6.45, 7) is 5.49. The van der Waals surface area contributed by atoms with E-state index >= 15 is 0 Å². The van der Waals surface area contributed by atoms with Gasteiger partial charge in [0.1, 0.15) is 0 Å². The molecule has 4 heteroatoms. The molecule has 1 amide bonds. The largest absolute Gasteiger partial charge is 0.385 e. The maximum Gasteiger partial charge on any atom is 0.253 e. The second kappa shape index (κ2) is 8.39. The van der Waals surface area contributed by atoms with Gasteiger partial charge in [0, 0.05) is 35.9 Å². The highest BCUT2D eigenvalue weighted by Gasteiger charge is 2.16. The summed E-state index contributed by atoms with van der Waals surface area (Å²) in [5, 5.41) is 6.37. The fourth-order valence-electron chi connectivity index (χ4n) is 3.14. The average Bonchev–Trinajstić information content (AvgIpc) is 2.97. The van der Waals surface area contributed by atoms with Gasteiger partial charge in [-0.15, -0.1) is 0 Å². The van der Waals surface area contributed by atoms with Crippen LogP contribution < -0.4 is 10.6 Å². The van der Waals surface area contributed by atoms with Crippen LogP contribution >= 0.6 is 0 Å². The van der Waals surface area contributed by atoms with Gasteiger partial charge >= 0.3 is 0 Å². The number of para-hydroxylation sites is 2. The van der Waals surface area contributed by atoms with Crippen LogP contribution in [0.15, 0.2) is 66.7 Å². The number of amides is 1. The van der Waals surface area contributed by atoms with Crippen molar-refractivity contribution in [1.29, 1.82) is 0 Å². The Morgan fingerprint density at radius 2 is 1.58 bits per heavy atom. The Hall–Kier alpha value is -3.01. The molecule has 3 rings (SSSR count). The number of nitrogens with one attached hydrogen (secondary N) is 2. The number of benzene rings is 2. The topological polar surface area (TPSA) is 46.1 Å². The molecule has 0 fully saturated rings. The summed E-state index contributed by atoms with van der Waals surface area (Å²) in [5.41, 5.74) is 4.94. The van der Waals surface area contributed by atoms with Crippen LogP contribution in [-0.2, 0) is 0 Å². The second-order valence-electron chi connectivity index (χ2n) is 6.36. The summed E-state index contributed by atoms with van der Waals surface area (Å²) < 4.78 is 2.12. The molecular formula is C22H25N3O.